The van der Waals surface area contributed by atoms with Crippen molar-refractivity contribution in [2.75, 3.05) is 43.1 Å². The molecular weight excluding hydrogens is 437 g/mol. The molecule has 0 bridgehead atoms. The Morgan fingerprint density at radius 1 is 1.10 bits per heavy atom. The summed E-state index contributed by atoms with van der Waals surface area (Å²) in [5.74, 6) is -1.38. The molecule has 0 unspecified atom stereocenters. The molecule has 2 aromatic carbocycles. The highest BCUT2D eigenvalue weighted by atomic mass is 35.5. The molecule has 6 nitrogen and oxygen atoms in total. The molecule has 0 atom stereocenters. The zero-order valence-corrected chi connectivity index (χ0v) is 17.1. The Labute approximate surface area is 181 Å². The highest BCUT2D eigenvalue weighted by Gasteiger charge is 2.32. The van der Waals surface area contributed by atoms with Crippen molar-refractivity contribution in [2.45, 2.75) is 12.6 Å². The molecule has 0 radical (unpaired) electrons. The summed E-state index contributed by atoms with van der Waals surface area (Å²) in [5.41, 5.74) is 0.203. The summed E-state index contributed by atoms with van der Waals surface area (Å²) >= 11 is 5.79. The molecule has 0 saturated carbocycles. The van der Waals surface area contributed by atoms with Crippen LogP contribution >= 0.6 is 11.6 Å². The van der Waals surface area contributed by atoms with Crippen LogP contribution in [0, 0.1) is 0 Å². The fourth-order valence-corrected chi connectivity index (χ4v) is 3.17. The molecule has 1 N–H and O–H groups in total. The average Bonchev–Trinajstić information content (AvgIpc) is 2.74. The highest BCUT2D eigenvalue weighted by molar-refractivity contribution is 6.30. The van der Waals surface area contributed by atoms with E-state index < -0.39 is 30.2 Å². The van der Waals surface area contributed by atoms with Gasteiger partial charge in [-0.25, -0.2) is 0 Å². The number of amides is 1. The van der Waals surface area contributed by atoms with Crippen LogP contribution in [0.4, 0.5) is 24.5 Å². The number of nitrogens with one attached hydrogen (secondary N) is 1. The summed E-state index contributed by atoms with van der Waals surface area (Å²) in [4.78, 5) is 26.1. The van der Waals surface area contributed by atoms with E-state index in [1.54, 1.807) is 24.3 Å². The van der Waals surface area contributed by atoms with Crippen molar-refractivity contribution in [2.24, 2.45) is 0 Å². The second-order valence-electron chi connectivity index (χ2n) is 6.84. The lowest BCUT2D eigenvalue weighted by molar-refractivity contribution is -0.146. The number of hydrogen-bond donors (Lipinski definition) is 1. The van der Waals surface area contributed by atoms with E-state index in [9.17, 15) is 22.8 Å². The highest BCUT2D eigenvalue weighted by Crippen LogP contribution is 2.35. The number of esters is 1. The number of anilines is 2. The first-order chi connectivity index (χ1) is 14.7. The fourth-order valence-electron chi connectivity index (χ4n) is 3.04. The molecule has 0 aliphatic carbocycles. The molecule has 1 amide bonds. The average molecular weight is 457 g/mol. The molecule has 1 heterocycles. The maximum Gasteiger partial charge on any atom is 0.416 e. The number of alkyl halides is 3. The van der Waals surface area contributed by atoms with E-state index in [1.165, 1.54) is 6.07 Å². The maximum absolute atomic E-state index is 13.1. The van der Waals surface area contributed by atoms with Crippen LogP contribution in [0.15, 0.2) is 42.5 Å². The van der Waals surface area contributed by atoms with Crippen molar-refractivity contribution in [1.82, 2.24) is 0 Å². The van der Waals surface area contributed by atoms with Crippen molar-refractivity contribution in [1.29, 1.82) is 0 Å². The van der Waals surface area contributed by atoms with Crippen LogP contribution in [0.5, 0.6) is 0 Å². The third-order valence-electron chi connectivity index (χ3n) is 4.58. The first kappa shape index (κ1) is 22.9. The molecule has 10 heteroatoms. The van der Waals surface area contributed by atoms with Gasteiger partial charge in [-0.3, -0.25) is 9.59 Å². The molecule has 1 aliphatic rings. The molecular formula is C21H20ClF3N2O4. The Morgan fingerprint density at radius 2 is 1.77 bits per heavy atom. The molecule has 3 rings (SSSR count). The van der Waals surface area contributed by atoms with Gasteiger partial charge in [0.25, 0.3) is 5.91 Å². The molecule has 31 heavy (non-hydrogen) atoms. The Hall–Kier alpha value is -2.78. The van der Waals surface area contributed by atoms with Gasteiger partial charge in [-0.2, -0.15) is 13.2 Å². The van der Waals surface area contributed by atoms with Crippen LogP contribution in [0.3, 0.4) is 0 Å². The molecule has 1 aliphatic heterocycles. The van der Waals surface area contributed by atoms with Crippen molar-refractivity contribution >= 4 is 34.9 Å². The van der Waals surface area contributed by atoms with Crippen LogP contribution in [0.2, 0.25) is 5.02 Å². The number of nitrogens with zero attached hydrogens (tertiary/aromatic N) is 1. The van der Waals surface area contributed by atoms with Crippen LogP contribution in [-0.2, 0) is 31.7 Å². The number of carbonyl (C=O) groups excluding carboxylic acids is 2. The number of ether oxygens (including phenoxy) is 2. The van der Waals surface area contributed by atoms with Gasteiger partial charge in [-0.1, -0.05) is 23.7 Å². The maximum atomic E-state index is 13.1. The van der Waals surface area contributed by atoms with Crippen molar-refractivity contribution in [3.05, 3.63) is 58.6 Å². The number of morpholine rings is 1. The summed E-state index contributed by atoms with van der Waals surface area (Å²) in [5, 5.41) is 2.95. The van der Waals surface area contributed by atoms with Gasteiger partial charge in [-0.15, -0.1) is 0 Å². The van der Waals surface area contributed by atoms with Crippen LogP contribution in [0.1, 0.15) is 11.1 Å². The predicted molar refractivity (Wildman–Crippen MR) is 109 cm³/mol. The van der Waals surface area contributed by atoms with Crippen LogP contribution in [-0.4, -0.2) is 44.8 Å². The van der Waals surface area contributed by atoms with Gasteiger partial charge < -0.3 is 19.7 Å². The van der Waals surface area contributed by atoms with Gasteiger partial charge >= 0.3 is 12.1 Å². The predicted octanol–water partition coefficient (Wildman–Crippen LogP) is 3.92. The van der Waals surface area contributed by atoms with Gasteiger partial charge in [0, 0.05) is 18.1 Å². The lowest BCUT2D eigenvalue weighted by Crippen LogP contribution is -2.37. The fraction of sp³-hybridized carbons (Fsp3) is 0.333. The summed E-state index contributed by atoms with van der Waals surface area (Å²) < 4.78 is 49.6. The molecule has 0 spiro atoms. The Balaban J connectivity index is 1.65. The van der Waals surface area contributed by atoms with E-state index in [0.29, 0.717) is 42.6 Å². The standard InChI is InChI=1S/C21H20ClF3N2O4/c22-16-4-1-14(2-5-16)11-20(29)31-13-19(28)26-17-12-15(21(23,24)25)3-6-18(17)27-7-9-30-10-8-27/h1-6,12H,7-11,13H2,(H,26,28). The summed E-state index contributed by atoms with van der Waals surface area (Å²) in [7, 11) is 0. The van der Waals surface area contributed by atoms with Gasteiger partial charge in [0.05, 0.1) is 36.6 Å². The zero-order valence-electron chi connectivity index (χ0n) is 16.4. The molecule has 2 aromatic rings. The Kier molecular flexibility index (Phi) is 7.40. The second kappa shape index (κ2) is 10.0. The third-order valence-corrected chi connectivity index (χ3v) is 4.83. The lowest BCUT2D eigenvalue weighted by atomic mass is 10.1. The van der Waals surface area contributed by atoms with Crippen molar-refractivity contribution in [3.8, 4) is 0 Å². The SMILES string of the molecule is O=C(COC(=O)Cc1ccc(Cl)cc1)Nc1cc(C(F)(F)F)ccc1N1CCOCC1. The van der Waals surface area contributed by atoms with Crippen LogP contribution < -0.4 is 10.2 Å². The summed E-state index contributed by atoms with van der Waals surface area (Å²) in [6.45, 7) is 1.19. The van der Waals surface area contributed by atoms with E-state index in [-0.39, 0.29) is 12.1 Å². The van der Waals surface area contributed by atoms with Crippen LogP contribution in [0.25, 0.3) is 0 Å². The Bertz CT molecular complexity index is 929. The molecule has 166 valence electrons. The van der Waals surface area contributed by atoms with Crippen molar-refractivity contribution in [3.63, 3.8) is 0 Å². The molecule has 1 saturated heterocycles. The summed E-state index contributed by atoms with van der Waals surface area (Å²) in [6.07, 6.45) is -4.62. The van der Waals surface area contributed by atoms with Gasteiger partial charge in [0.2, 0.25) is 0 Å². The number of rotatable bonds is 6. The smallest absolute Gasteiger partial charge is 0.416 e. The van der Waals surface area contributed by atoms with E-state index >= 15 is 0 Å². The monoisotopic (exact) mass is 456 g/mol. The molecule has 1 fully saturated rings. The molecule has 0 aromatic heterocycles. The topological polar surface area (TPSA) is 67.9 Å². The van der Waals surface area contributed by atoms with E-state index in [1.807, 2.05) is 4.90 Å². The number of carbonyl (C=O) groups is 2. The largest absolute Gasteiger partial charge is 0.455 e. The minimum atomic E-state index is -4.56. The minimum absolute atomic E-state index is 0.00419. The van der Waals surface area contributed by atoms with Crippen molar-refractivity contribution < 1.29 is 32.2 Å². The lowest BCUT2D eigenvalue weighted by Gasteiger charge is -2.31. The number of hydrogen-bond acceptors (Lipinski definition) is 5. The number of halogens is 4. The quantitative estimate of drug-likeness (QED) is 0.667. The minimum Gasteiger partial charge on any atom is -0.455 e. The third kappa shape index (κ3) is 6.60. The summed E-state index contributed by atoms with van der Waals surface area (Å²) in [6, 6.07) is 9.71. The first-order valence-electron chi connectivity index (χ1n) is 9.46. The normalized spacial score (nSPS) is 14.3. The van der Waals surface area contributed by atoms with E-state index in [4.69, 9.17) is 21.1 Å². The first-order valence-corrected chi connectivity index (χ1v) is 9.84. The second-order valence-corrected chi connectivity index (χ2v) is 7.28. The van der Waals surface area contributed by atoms with Gasteiger partial charge in [-0.05, 0) is 35.9 Å². The number of benzene rings is 2. The Morgan fingerprint density at radius 3 is 2.42 bits per heavy atom. The van der Waals surface area contributed by atoms with Gasteiger partial charge in [0.1, 0.15) is 0 Å². The zero-order chi connectivity index (χ0) is 22.4. The van der Waals surface area contributed by atoms with E-state index in [0.717, 1.165) is 12.1 Å². The van der Waals surface area contributed by atoms with E-state index in [2.05, 4.69) is 5.32 Å². The van der Waals surface area contributed by atoms with Gasteiger partial charge in [0.15, 0.2) is 6.61 Å².